The molecule has 0 aromatic heterocycles. The molecule has 2 rings (SSSR count). The Labute approximate surface area is 152 Å². The summed E-state index contributed by atoms with van der Waals surface area (Å²) in [7, 11) is 0. The van der Waals surface area contributed by atoms with Crippen molar-refractivity contribution >= 4 is 17.3 Å². The zero-order valence-electron chi connectivity index (χ0n) is 14.0. The number of ether oxygens (including phenoxy) is 1. The molecule has 1 amide bonds. The average molecular weight is 383 g/mol. The number of nitro benzene ring substituents is 1. The van der Waals surface area contributed by atoms with Gasteiger partial charge in [-0.15, -0.1) is 0 Å². The van der Waals surface area contributed by atoms with Crippen molar-refractivity contribution in [3.05, 3.63) is 69.3 Å². The third-order valence-electron chi connectivity index (χ3n) is 3.50. The third kappa shape index (κ3) is 6.26. The predicted octanol–water partition coefficient (Wildman–Crippen LogP) is 3.19. The fraction of sp³-hybridized carbons (Fsp3) is 0.235. The van der Waals surface area contributed by atoms with E-state index in [4.69, 9.17) is 5.73 Å². The minimum atomic E-state index is -4.37. The van der Waals surface area contributed by atoms with Crippen molar-refractivity contribution in [3.63, 3.8) is 0 Å². The lowest BCUT2D eigenvalue weighted by Crippen LogP contribution is -2.23. The largest absolute Gasteiger partial charge is 0.411 e. The highest BCUT2D eigenvalue weighted by molar-refractivity contribution is 5.95. The second-order valence-electron chi connectivity index (χ2n) is 5.64. The third-order valence-corrected chi connectivity index (χ3v) is 3.50. The standard InChI is InChI=1S/C17H16F3N3O4/c18-17(19,20)10-27-9-12-3-1-11(2-4-12)8-22-16(24)13-5-6-14(21)15(7-13)23(25)26/h1-7H,8-10,21H2,(H,22,24). The highest BCUT2D eigenvalue weighted by atomic mass is 19.4. The Balaban J connectivity index is 1.90. The van der Waals surface area contributed by atoms with Gasteiger partial charge in [0.25, 0.3) is 11.6 Å². The minimum Gasteiger partial charge on any atom is -0.393 e. The number of halogens is 3. The molecule has 144 valence electrons. The SMILES string of the molecule is Nc1ccc(C(=O)NCc2ccc(COCC(F)(F)F)cc2)cc1[N+](=O)[O-]. The van der Waals surface area contributed by atoms with E-state index in [0.717, 1.165) is 6.07 Å². The van der Waals surface area contributed by atoms with E-state index in [1.165, 1.54) is 12.1 Å². The minimum absolute atomic E-state index is 0.0418. The fourth-order valence-electron chi connectivity index (χ4n) is 2.17. The average Bonchev–Trinajstić information content (AvgIpc) is 2.60. The maximum atomic E-state index is 12.1. The van der Waals surface area contributed by atoms with Crippen LogP contribution in [-0.2, 0) is 17.9 Å². The number of hydrogen-bond acceptors (Lipinski definition) is 5. The summed E-state index contributed by atoms with van der Waals surface area (Å²) in [5.74, 6) is -0.518. The summed E-state index contributed by atoms with van der Waals surface area (Å²) in [4.78, 5) is 22.3. The molecule has 0 bridgehead atoms. The molecule has 0 aliphatic heterocycles. The van der Waals surface area contributed by atoms with Crippen LogP contribution < -0.4 is 11.1 Å². The second kappa shape index (κ2) is 8.49. The van der Waals surface area contributed by atoms with Crippen LogP contribution in [0.1, 0.15) is 21.5 Å². The van der Waals surface area contributed by atoms with Gasteiger partial charge >= 0.3 is 6.18 Å². The zero-order valence-corrected chi connectivity index (χ0v) is 14.0. The number of carbonyl (C=O) groups is 1. The van der Waals surface area contributed by atoms with Gasteiger partial charge in [0, 0.05) is 18.2 Å². The number of nitrogens with one attached hydrogen (secondary N) is 1. The number of benzene rings is 2. The Bertz CT molecular complexity index is 823. The van der Waals surface area contributed by atoms with Crippen molar-refractivity contribution in [2.45, 2.75) is 19.3 Å². The van der Waals surface area contributed by atoms with Crippen LogP contribution in [0.5, 0.6) is 0 Å². The number of anilines is 1. The van der Waals surface area contributed by atoms with Gasteiger partial charge in [0.1, 0.15) is 12.3 Å². The van der Waals surface area contributed by atoms with E-state index >= 15 is 0 Å². The van der Waals surface area contributed by atoms with Crippen molar-refractivity contribution in [2.75, 3.05) is 12.3 Å². The quantitative estimate of drug-likeness (QED) is 0.434. The topological polar surface area (TPSA) is 107 Å². The Kier molecular flexibility index (Phi) is 6.35. The van der Waals surface area contributed by atoms with Gasteiger partial charge < -0.3 is 15.8 Å². The summed E-state index contributed by atoms with van der Waals surface area (Å²) in [5.41, 5.74) is 6.44. The first-order valence-corrected chi connectivity index (χ1v) is 7.70. The first-order chi connectivity index (χ1) is 12.7. The van der Waals surface area contributed by atoms with Crippen LogP contribution in [0.25, 0.3) is 0 Å². The summed E-state index contributed by atoms with van der Waals surface area (Å²) in [5, 5.41) is 13.5. The van der Waals surface area contributed by atoms with Crippen molar-refractivity contribution < 1.29 is 27.6 Å². The first-order valence-electron chi connectivity index (χ1n) is 7.70. The van der Waals surface area contributed by atoms with E-state index < -0.39 is 23.6 Å². The molecule has 10 heteroatoms. The van der Waals surface area contributed by atoms with E-state index in [2.05, 4.69) is 10.1 Å². The van der Waals surface area contributed by atoms with Gasteiger partial charge in [-0.25, -0.2) is 0 Å². The molecule has 2 aromatic rings. The number of alkyl halides is 3. The molecule has 0 saturated heterocycles. The highest BCUT2D eigenvalue weighted by Crippen LogP contribution is 2.22. The first kappa shape index (κ1) is 20.2. The predicted molar refractivity (Wildman–Crippen MR) is 90.8 cm³/mol. The van der Waals surface area contributed by atoms with Gasteiger partial charge in [-0.2, -0.15) is 13.2 Å². The molecule has 0 heterocycles. The number of carbonyl (C=O) groups excluding carboxylic acids is 1. The summed E-state index contributed by atoms with van der Waals surface area (Å²) >= 11 is 0. The van der Waals surface area contributed by atoms with Crippen molar-refractivity contribution in [3.8, 4) is 0 Å². The molecule has 0 saturated carbocycles. The summed E-state index contributed by atoms with van der Waals surface area (Å²) < 4.78 is 40.6. The molecule has 27 heavy (non-hydrogen) atoms. The molecular formula is C17H16F3N3O4. The second-order valence-corrected chi connectivity index (χ2v) is 5.64. The molecule has 0 radical (unpaired) electrons. The number of rotatable bonds is 7. The zero-order chi connectivity index (χ0) is 20.0. The lowest BCUT2D eigenvalue weighted by molar-refractivity contribution is -0.383. The molecule has 0 spiro atoms. The Hall–Kier alpha value is -3.14. The van der Waals surface area contributed by atoms with Crippen LogP contribution in [0.4, 0.5) is 24.5 Å². The van der Waals surface area contributed by atoms with E-state index in [9.17, 15) is 28.1 Å². The molecule has 7 nitrogen and oxygen atoms in total. The number of nitro groups is 1. The molecule has 3 N–H and O–H groups in total. The van der Waals surface area contributed by atoms with Crippen molar-refractivity contribution in [1.29, 1.82) is 0 Å². The van der Waals surface area contributed by atoms with Crippen LogP contribution >= 0.6 is 0 Å². The van der Waals surface area contributed by atoms with Gasteiger partial charge in [0.15, 0.2) is 0 Å². The van der Waals surface area contributed by atoms with Gasteiger partial charge in [-0.3, -0.25) is 14.9 Å². The summed E-state index contributed by atoms with van der Waals surface area (Å²) in [6.07, 6.45) is -4.37. The number of nitrogen functional groups attached to an aromatic ring is 1. The van der Waals surface area contributed by atoms with E-state index in [0.29, 0.717) is 11.1 Å². The van der Waals surface area contributed by atoms with Crippen LogP contribution in [-0.4, -0.2) is 23.6 Å². The maximum Gasteiger partial charge on any atom is 0.411 e. The van der Waals surface area contributed by atoms with E-state index in [-0.39, 0.29) is 30.1 Å². The molecule has 0 aliphatic rings. The van der Waals surface area contributed by atoms with Gasteiger partial charge in [0.05, 0.1) is 11.5 Å². The van der Waals surface area contributed by atoms with Crippen molar-refractivity contribution in [2.24, 2.45) is 0 Å². The van der Waals surface area contributed by atoms with E-state index in [1.807, 2.05) is 0 Å². The smallest absolute Gasteiger partial charge is 0.393 e. The summed E-state index contributed by atoms with van der Waals surface area (Å²) in [6, 6.07) is 10.2. The fourth-order valence-corrected chi connectivity index (χ4v) is 2.17. The normalized spacial score (nSPS) is 11.2. The van der Waals surface area contributed by atoms with Gasteiger partial charge in [-0.1, -0.05) is 24.3 Å². The molecular weight excluding hydrogens is 367 g/mol. The maximum absolute atomic E-state index is 12.1. The number of amides is 1. The van der Waals surface area contributed by atoms with Gasteiger partial charge in [-0.05, 0) is 23.3 Å². The molecule has 2 aromatic carbocycles. The van der Waals surface area contributed by atoms with E-state index in [1.54, 1.807) is 24.3 Å². The molecule has 0 unspecified atom stereocenters. The molecule has 0 aliphatic carbocycles. The lowest BCUT2D eigenvalue weighted by atomic mass is 10.1. The molecule has 0 fully saturated rings. The number of hydrogen-bond donors (Lipinski definition) is 2. The van der Waals surface area contributed by atoms with Crippen molar-refractivity contribution in [1.82, 2.24) is 5.32 Å². The lowest BCUT2D eigenvalue weighted by Gasteiger charge is -2.09. The summed E-state index contributed by atoms with van der Waals surface area (Å²) in [6.45, 7) is -1.36. The van der Waals surface area contributed by atoms with Gasteiger partial charge in [0.2, 0.25) is 0 Å². The van der Waals surface area contributed by atoms with Crippen LogP contribution in [0.3, 0.4) is 0 Å². The van der Waals surface area contributed by atoms with Crippen LogP contribution in [0.2, 0.25) is 0 Å². The van der Waals surface area contributed by atoms with Crippen LogP contribution in [0, 0.1) is 10.1 Å². The Morgan fingerprint density at radius 1 is 1.15 bits per heavy atom. The number of nitrogens with two attached hydrogens (primary N) is 1. The highest BCUT2D eigenvalue weighted by Gasteiger charge is 2.27. The van der Waals surface area contributed by atoms with Crippen LogP contribution in [0.15, 0.2) is 42.5 Å². The molecule has 0 atom stereocenters. The Morgan fingerprint density at radius 2 is 1.78 bits per heavy atom. The Morgan fingerprint density at radius 3 is 2.37 bits per heavy atom. The monoisotopic (exact) mass is 383 g/mol. The number of nitrogens with zero attached hydrogens (tertiary/aromatic N) is 1.